The van der Waals surface area contributed by atoms with Crippen molar-refractivity contribution in [3.8, 4) is 11.1 Å². The molecule has 0 aliphatic heterocycles. The first-order chi connectivity index (χ1) is 16.4. The number of hydrogen-bond donors (Lipinski definition) is 4. The second kappa shape index (κ2) is 9.37. The number of nitrogen functional groups attached to an aromatic ring is 1. The average molecular weight is 478 g/mol. The zero-order valence-electron chi connectivity index (χ0n) is 19.0. The van der Waals surface area contributed by atoms with E-state index in [2.05, 4.69) is 39.3 Å². The number of nitrogens with one attached hydrogen (secondary N) is 2. The number of sulfonamides is 1. The summed E-state index contributed by atoms with van der Waals surface area (Å²) < 4.78 is 28.0. The number of aromatic nitrogens is 1. The fourth-order valence-corrected chi connectivity index (χ4v) is 5.78. The van der Waals surface area contributed by atoms with Gasteiger partial charge in [-0.1, -0.05) is 36.4 Å². The molecule has 0 spiro atoms. The van der Waals surface area contributed by atoms with Crippen molar-refractivity contribution in [2.75, 3.05) is 10.5 Å². The minimum absolute atomic E-state index is 0.0696. The molecular weight excluding hydrogens is 446 g/mol. The fourth-order valence-electron chi connectivity index (χ4n) is 4.79. The van der Waals surface area contributed by atoms with E-state index in [1.165, 1.54) is 43.2 Å². The lowest BCUT2D eigenvalue weighted by Gasteiger charge is -2.27. The zero-order valence-corrected chi connectivity index (χ0v) is 19.8. The molecule has 0 saturated heterocycles. The van der Waals surface area contributed by atoms with E-state index in [-0.39, 0.29) is 10.7 Å². The highest BCUT2D eigenvalue weighted by Gasteiger charge is 2.39. The lowest BCUT2D eigenvalue weighted by molar-refractivity contribution is 0.339. The van der Waals surface area contributed by atoms with Crippen LogP contribution in [0.15, 0.2) is 71.8 Å². The quantitative estimate of drug-likeness (QED) is 0.410. The average Bonchev–Trinajstić information content (AvgIpc) is 3.60. The molecule has 0 radical (unpaired) electrons. The van der Waals surface area contributed by atoms with E-state index < -0.39 is 10.0 Å². The maximum absolute atomic E-state index is 12.7. The van der Waals surface area contributed by atoms with Crippen LogP contribution in [0, 0.1) is 0 Å². The highest BCUT2D eigenvalue weighted by atomic mass is 32.2. The van der Waals surface area contributed by atoms with Crippen molar-refractivity contribution < 1.29 is 8.42 Å². The normalized spacial score (nSPS) is 24.5. The van der Waals surface area contributed by atoms with Crippen LogP contribution in [-0.2, 0) is 10.0 Å². The van der Waals surface area contributed by atoms with Crippen LogP contribution in [0.3, 0.4) is 0 Å². The van der Waals surface area contributed by atoms with E-state index in [1.54, 1.807) is 6.07 Å². The first-order valence-electron chi connectivity index (χ1n) is 11.8. The topological polar surface area (TPSA) is 123 Å². The largest absolute Gasteiger partial charge is 0.384 e. The Morgan fingerprint density at radius 2 is 1.68 bits per heavy atom. The molecule has 2 aliphatic rings. The number of rotatable bonds is 7. The lowest BCUT2D eigenvalue weighted by Crippen LogP contribution is -2.38. The summed E-state index contributed by atoms with van der Waals surface area (Å²) in [5.41, 5.74) is 15.4. The van der Waals surface area contributed by atoms with E-state index in [0.717, 1.165) is 24.0 Å². The van der Waals surface area contributed by atoms with Crippen molar-refractivity contribution in [1.82, 2.24) is 10.3 Å². The van der Waals surface area contributed by atoms with Crippen molar-refractivity contribution in [1.29, 1.82) is 0 Å². The minimum Gasteiger partial charge on any atom is -0.384 e. The Labute approximate surface area is 201 Å². The van der Waals surface area contributed by atoms with Gasteiger partial charge in [0, 0.05) is 35.9 Å². The highest BCUT2D eigenvalue weighted by molar-refractivity contribution is 7.92. The molecule has 5 rings (SSSR count). The summed E-state index contributed by atoms with van der Waals surface area (Å²) in [6, 6.07) is 20.5. The number of anilines is 2. The predicted octanol–water partition coefficient (Wildman–Crippen LogP) is 3.85. The van der Waals surface area contributed by atoms with Crippen molar-refractivity contribution in [3.05, 3.63) is 72.4 Å². The van der Waals surface area contributed by atoms with Gasteiger partial charge in [0.05, 0.1) is 0 Å². The first kappa shape index (κ1) is 22.8. The Kier molecular flexibility index (Phi) is 6.29. The summed E-state index contributed by atoms with van der Waals surface area (Å²) in [5, 5.41) is 3.82. The molecule has 7 nitrogen and oxygen atoms in total. The molecule has 3 aromatic rings. The van der Waals surface area contributed by atoms with E-state index in [4.69, 9.17) is 11.5 Å². The molecule has 2 fully saturated rings. The number of benzene rings is 2. The van der Waals surface area contributed by atoms with Gasteiger partial charge in [0.1, 0.15) is 10.7 Å². The number of nitrogens with two attached hydrogens (primary N) is 2. The summed E-state index contributed by atoms with van der Waals surface area (Å²) >= 11 is 0. The van der Waals surface area contributed by atoms with Crippen LogP contribution in [-0.4, -0.2) is 31.5 Å². The van der Waals surface area contributed by atoms with Crippen LogP contribution in [0.25, 0.3) is 11.1 Å². The molecule has 2 aliphatic carbocycles. The summed E-state index contributed by atoms with van der Waals surface area (Å²) in [7, 11) is -3.74. The van der Waals surface area contributed by atoms with Gasteiger partial charge in [-0.2, -0.15) is 0 Å². The van der Waals surface area contributed by atoms with Gasteiger partial charge in [0.25, 0.3) is 10.0 Å². The van der Waals surface area contributed by atoms with Gasteiger partial charge in [-0.25, -0.2) is 13.4 Å². The van der Waals surface area contributed by atoms with Gasteiger partial charge in [0.2, 0.25) is 0 Å². The fraction of sp³-hybridized carbons (Fsp3) is 0.346. The Bertz CT molecular complexity index is 1240. The smallest absolute Gasteiger partial charge is 0.263 e. The van der Waals surface area contributed by atoms with Gasteiger partial charge >= 0.3 is 0 Å². The van der Waals surface area contributed by atoms with Crippen LogP contribution in [0.4, 0.5) is 11.5 Å². The van der Waals surface area contributed by atoms with Gasteiger partial charge in [0.15, 0.2) is 0 Å². The second-order valence-corrected chi connectivity index (χ2v) is 11.1. The zero-order chi connectivity index (χ0) is 23.7. The third-order valence-electron chi connectivity index (χ3n) is 6.87. The predicted molar refractivity (Wildman–Crippen MR) is 136 cm³/mol. The first-order valence-corrected chi connectivity index (χ1v) is 13.3. The van der Waals surface area contributed by atoms with Crippen LogP contribution in [0.5, 0.6) is 0 Å². The Morgan fingerprint density at radius 1 is 0.912 bits per heavy atom. The van der Waals surface area contributed by atoms with Gasteiger partial charge in [-0.3, -0.25) is 4.72 Å². The Morgan fingerprint density at radius 3 is 2.38 bits per heavy atom. The third-order valence-corrected chi connectivity index (χ3v) is 8.24. The molecule has 6 N–H and O–H groups in total. The number of nitrogens with zero attached hydrogens (tertiary/aromatic N) is 1. The molecule has 0 amide bonds. The van der Waals surface area contributed by atoms with Gasteiger partial charge < -0.3 is 16.8 Å². The molecule has 34 heavy (non-hydrogen) atoms. The van der Waals surface area contributed by atoms with Crippen LogP contribution in [0.1, 0.15) is 43.6 Å². The SMILES string of the molecule is Nc1ccc(S(=O)(=O)Nc2cccc(-c3ccc(C4CC4N[C@H]4CC[C@H](N)CC4)cc3)c2)cn1. The molecule has 2 aromatic carbocycles. The molecule has 2 atom stereocenters. The van der Waals surface area contributed by atoms with E-state index in [9.17, 15) is 8.42 Å². The van der Waals surface area contributed by atoms with Crippen molar-refractivity contribution in [2.45, 2.75) is 61.0 Å². The van der Waals surface area contributed by atoms with Crippen LogP contribution in [0.2, 0.25) is 0 Å². The monoisotopic (exact) mass is 477 g/mol. The van der Waals surface area contributed by atoms with Gasteiger partial charge in [-0.15, -0.1) is 0 Å². The number of pyridine rings is 1. The summed E-state index contributed by atoms with van der Waals surface area (Å²) in [4.78, 5) is 3.94. The van der Waals surface area contributed by atoms with Crippen molar-refractivity contribution in [2.24, 2.45) is 5.73 Å². The van der Waals surface area contributed by atoms with E-state index in [0.29, 0.717) is 29.7 Å². The highest BCUT2D eigenvalue weighted by Crippen LogP contribution is 2.42. The van der Waals surface area contributed by atoms with E-state index in [1.807, 2.05) is 18.2 Å². The minimum atomic E-state index is -3.74. The molecule has 2 unspecified atom stereocenters. The number of hydrogen-bond acceptors (Lipinski definition) is 6. The maximum Gasteiger partial charge on any atom is 0.263 e. The molecule has 1 heterocycles. The molecule has 1 aromatic heterocycles. The second-order valence-electron chi connectivity index (χ2n) is 9.45. The molecule has 0 bridgehead atoms. The Balaban J connectivity index is 1.23. The van der Waals surface area contributed by atoms with Crippen LogP contribution < -0.4 is 21.5 Å². The standard InChI is InChI=1S/C26H31N5O2S/c27-20-8-10-21(11-9-20)30-25-15-24(25)18-6-4-17(5-7-18)19-2-1-3-22(14-19)31-34(32,33)23-12-13-26(28)29-16-23/h1-7,12-14,16,20-21,24-25,30-31H,8-11,15,27H2,(H2,28,29)/t20-,21-,24?,25?. The molecule has 178 valence electrons. The summed E-state index contributed by atoms with van der Waals surface area (Å²) in [5.74, 6) is 0.840. The van der Waals surface area contributed by atoms with Crippen LogP contribution >= 0.6 is 0 Å². The Hall–Kier alpha value is -2.94. The molecule has 8 heteroatoms. The molecule has 2 saturated carbocycles. The van der Waals surface area contributed by atoms with E-state index >= 15 is 0 Å². The van der Waals surface area contributed by atoms with Crippen molar-refractivity contribution >= 4 is 21.5 Å². The summed E-state index contributed by atoms with van der Waals surface area (Å²) in [6.07, 6.45) is 7.03. The summed E-state index contributed by atoms with van der Waals surface area (Å²) in [6.45, 7) is 0. The van der Waals surface area contributed by atoms with Crippen molar-refractivity contribution in [3.63, 3.8) is 0 Å². The molecular formula is C26H31N5O2S. The lowest BCUT2D eigenvalue weighted by atomic mass is 9.92. The third kappa shape index (κ3) is 5.24. The van der Waals surface area contributed by atoms with Gasteiger partial charge in [-0.05, 0) is 73.1 Å². The maximum atomic E-state index is 12.7.